The highest BCUT2D eigenvalue weighted by atomic mass is 35.5. The molecule has 116 valence electrons. The minimum atomic E-state index is 0.242. The smallest absolute Gasteiger partial charge is 0.152 e. The van der Waals surface area contributed by atoms with Crippen molar-refractivity contribution in [3.05, 3.63) is 77.7 Å². The van der Waals surface area contributed by atoms with E-state index in [4.69, 9.17) is 11.6 Å². The third kappa shape index (κ3) is 3.99. The van der Waals surface area contributed by atoms with Gasteiger partial charge >= 0.3 is 0 Å². The Kier molecular flexibility index (Phi) is 4.74. The number of halogens is 1. The van der Waals surface area contributed by atoms with Crippen LogP contribution in [-0.2, 0) is 0 Å². The van der Waals surface area contributed by atoms with Gasteiger partial charge in [-0.1, -0.05) is 41.9 Å². The molecule has 0 radical (unpaired) electrons. The molecule has 2 N–H and O–H groups in total. The van der Waals surface area contributed by atoms with E-state index < -0.39 is 0 Å². The Morgan fingerprint density at radius 2 is 1.65 bits per heavy atom. The number of nitrogens with zero attached hydrogens (tertiary/aromatic N) is 2. The van der Waals surface area contributed by atoms with Crippen LogP contribution in [0, 0.1) is 0 Å². The minimum Gasteiger partial charge on any atom is -0.379 e. The molecule has 1 atom stereocenters. The standard InChI is InChI=1S/C18H17ClN4/c1-13(14-5-3-2-4-6-14)22-15-7-9-16(10-8-15)23-18-17(19)11-20-12-21-18/h2-13,22H,1H3,(H,20,21,23). The van der Waals surface area contributed by atoms with Crippen molar-refractivity contribution in [2.75, 3.05) is 10.6 Å². The molecular weight excluding hydrogens is 308 g/mol. The van der Waals surface area contributed by atoms with E-state index in [-0.39, 0.29) is 6.04 Å². The first kappa shape index (κ1) is 15.3. The summed E-state index contributed by atoms with van der Waals surface area (Å²) in [6.07, 6.45) is 3.03. The monoisotopic (exact) mass is 324 g/mol. The van der Waals surface area contributed by atoms with Gasteiger partial charge in [-0.3, -0.25) is 0 Å². The maximum atomic E-state index is 6.04. The fourth-order valence-corrected chi connectivity index (χ4v) is 2.42. The van der Waals surface area contributed by atoms with Crippen molar-refractivity contribution in [3.63, 3.8) is 0 Å². The van der Waals surface area contributed by atoms with E-state index in [1.54, 1.807) is 6.20 Å². The van der Waals surface area contributed by atoms with Gasteiger partial charge in [0.2, 0.25) is 0 Å². The van der Waals surface area contributed by atoms with Crippen molar-refractivity contribution < 1.29 is 0 Å². The lowest BCUT2D eigenvalue weighted by Gasteiger charge is -2.16. The van der Waals surface area contributed by atoms with Crippen LogP contribution < -0.4 is 10.6 Å². The molecular formula is C18H17ClN4. The van der Waals surface area contributed by atoms with Gasteiger partial charge in [-0.15, -0.1) is 0 Å². The molecule has 1 heterocycles. The SMILES string of the molecule is CC(Nc1ccc(Nc2ncncc2Cl)cc1)c1ccccc1. The minimum absolute atomic E-state index is 0.242. The van der Waals surface area contributed by atoms with Gasteiger partial charge in [-0.25, -0.2) is 9.97 Å². The van der Waals surface area contributed by atoms with Gasteiger partial charge < -0.3 is 10.6 Å². The number of aromatic nitrogens is 2. The molecule has 0 aliphatic carbocycles. The topological polar surface area (TPSA) is 49.8 Å². The van der Waals surface area contributed by atoms with Gasteiger partial charge in [0.1, 0.15) is 11.3 Å². The molecule has 1 aromatic heterocycles. The lowest BCUT2D eigenvalue weighted by Crippen LogP contribution is -2.06. The number of hydrogen-bond donors (Lipinski definition) is 2. The molecule has 2 aromatic carbocycles. The Morgan fingerprint density at radius 3 is 2.35 bits per heavy atom. The van der Waals surface area contributed by atoms with Crippen molar-refractivity contribution in [1.29, 1.82) is 0 Å². The zero-order valence-corrected chi connectivity index (χ0v) is 13.5. The second kappa shape index (κ2) is 7.11. The maximum Gasteiger partial charge on any atom is 0.152 e. The van der Waals surface area contributed by atoms with E-state index in [1.165, 1.54) is 11.9 Å². The predicted octanol–water partition coefficient (Wildman–Crippen LogP) is 5.05. The Hall–Kier alpha value is -2.59. The molecule has 0 amide bonds. The summed E-state index contributed by atoms with van der Waals surface area (Å²) in [7, 11) is 0. The normalized spacial score (nSPS) is 11.7. The summed E-state index contributed by atoms with van der Waals surface area (Å²) in [6, 6.07) is 18.6. The van der Waals surface area contributed by atoms with Crippen LogP contribution in [0.4, 0.5) is 17.2 Å². The number of benzene rings is 2. The first-order valence-electron chi connectivity index (χ1n) is 7.36. The summed E-state index contributed by atoms with van der Waals surface area (Å²) in [5.74, 6) is 0.597. The van der Waals surface area contributed by atoms with Crippen LogP contribution >= 0.6 is 11.6 Å². The van der Waals surface area contributed by atoms with E-state index in [2.05, 4.69) is 39.7 Å². The Labute approximate surface area is 140 Å². The van der Waals surface area contributed by atoms with E-state index in [0.29, 0.717) is 10.8 Å². The molecule has 5 heteroatoms. The molecule has 3 rings (SSSR count). The summed E-state index contributed by atoms with van der Waals surface area (Å²) in [4.78, 5) is 7.98. The van der Waals surface area contributed by atoms with Crippen molar-refractivity contribution in [2.24, 2.45) is 0 Å². The van der Waals surface area contributed by atoms with Crippen LogP contribution in [0.3, 0.4) is 0 Å². The summed E-state index contributed by atoms with van der Waals surface area (Å²) in [5, 5.41) is 7.15. The molecule has 3 aromatic rings. The highest BCUT2D eigenvalue weighted by Gasteiger charge is 2.05. The fourth-order valence-electron chi connectivity index (χ4n) is 2.27. The molecule has 0 aliphatic heterocycles. The average molecular weight is 325 g/mol. The van der Waals surface area contributed by atoms with Crippen molar-refractivity contribution in [2.45, 2.75) is 13.0 Å². The number of nitrogens with one attached hydrogen (secondary N) is 2. The molecule has 4 nitrogen and oxygen atoms in total. The average Bonchev–Trinajstić information content (AvgIpc) is 2.59. The summed E-state index contributed by atoms with van der Waals surface area (Å²) in [6.45, 7) is 2.14. The van der Waals surface area contributed by atoms with Gasteiger partial charge in [0.15, 0.2) is 5.82 Å². The molecule has 0 spiro atoms. The van der Waals surface area contributed by atoms with Gasteiger partial charge in [0.25, 0.3) is 0 Å². The van der Waals surface area contributed by atoms with Crippen molar-refractivity contribution in [1.82, 2.24) is 9.97 Å². The molecule has 0 aliphatic rings. The van der Waals surface area contributed by atoms with E-state index in [1.807, 2.05) is 42.5 Å². The van der Waals surface area contributed by atoms with Gasteiger partial charge in [-0.2, -0.15) is 0 Å². The third-order valence-corrected chi connectivity index (χ3v) is 3.77. The number of hydrogen-bond acceptors (Lipinski definition) is 4. The number of rotatable bonds is 5. The van der Waals surface area contributed by atoms with Crippen molar-refractivity contribution in [3.8, 4) is 0 Å². The van der Waals surface area contributed by atoms with E-state index >= 15 is 0 Å². The van der Waals surface area contributed by atoms with Gasteiger partial charge in [0, 0.05) is 17.4 Å². The zero-order valence-electron chi connectivity index (χ0n) is 12.7. The quantitative estimate of drug-likeness (QED) is 0.689. The van der Waals surface area contributed by atoms with E-state index in [9.17, 15) is 0 Å². The molecule has 23 heavy (non-hydrogen) atoms. The molecule has 0 saturated heterocycles. The van der Waals surface area contributed by atoms with Crippen LogP contribution in [0.5, 0.6) is 0 Å². The third-order valence-electron chi connectivity index (χ3n) is 3.50. The first-order chi connectivity index (χ1) is 11.2. The van der Waals surface area contributed by atoms with Crippen LogP contribution in [0.25, 0.3) is 0 Å². The predicted molar refractivity (Wildman–Crippen MR) is 95.2 cm³/mol. The molecule has 1 unspecified atom stereocenters. The fraction of sp³-hybridized carbons (Fsp3) is 0.111. The summed E-state index contributed by atoms with van der Waals surface area (Å²) in [5.41, 5.74) is 3.23. The Morgan fingerprint density at radius 1 is 0.957 bits per heavy atom. The van der Waals surface area contributed by atoms with E-state index in [0.717, 1.165) is 11.4 Å². The highest BCUT2D eigenvalue weighted by molar-refractivity contribution is 6.32. The van der Waals surface area contributed by atoms with Crippen LogP contribution in [0.15, 0.2) is 67.1 Å². The molecule has 0 fully saturated rings. The van der Waals surface area contributed by atoms with Crippen LogP contribution in [-0.4, -0.2) is 9.97 Å². The zero-order chi connectivity index (χ0) is 16.1. The number of anilines is 3. The van der Waals surface area contributed by atoms with Crippen LogP contribution in [0.1, 0.15) is 18.5 Å². The highest BCUT2D eigenvalue weighted by Crippen LogP contribution is 2.24. The van der Waals surface area contributed by atoms with Crippen LogP contribution in [0.2, 0.25) is 5.02 Å². The maximum absolute atomic E-state index is 6.04. The molecule has 0 saturated carbocycles. The second-order valence-corrected chi connectivity index (χ2v) is 5.61. The Balaban J connectivity index is 1.67. The second-order valence-electron chi connectivity index (χ2n) is 5.20. The largest absolute Gasteiger partial charge is 0.379 e. The molecule has 0 bridgehead atoms. The van der Waals surface area contributed by atoms with Gasteiger partial charge in [-0.05, 0) is 36.8 Å². The first-order valence-corrected chi connectivity index (χ1v) is 7.74. The lowest BCUT2D eigenvalue weighted by atomic mass is 10.1. The van der Waals surface area contributed by atoms with Crippen molar-refractivity contribution >= 4 is 28.8 Å². The Bertz CT molecular complexity index is 759. The lowest BCUT2D eigenvalue weighted by molar-refractivity contribution is 0.885. The summed E-state index contributed by atoms with van der Waals surface area (Å²) >= 11 is 6.04. The summed E-state index contributed by atoms with van der Waals surface area (Å²) < 4.78 is 0. The van der Waals surface area contributed by atoms with Gasteiger partial charge in [0.05, 0.1) is 6.20 Å².